The van der Waals surface area contributed by atoms with Gasteiger partial charge in [0.25, 0.3) is 0 Å². The van der Waals surface area contributed by atoms with Crippen molar-refractivity contribution in [2.75, 3.05) is 0 Å². The molecule has 25 heavy (non-hydrogen) atoms. The van der Waals surface area contributed by atoms with E-state index in [1.807, 2.05) is 54.1 Å². The highest BCUT2D eigenvalue weighted by molar-refractivity contribution is 7.10. The number of thiazole rings is 1. The first-order valence-corrected chi connectivity index (χ1v) is 9.57. The van der Waals surface area contributed by atoms with E-state index in [-0.39, 0.29) is 5.91 Å². The monoisotopic (exact) mass is 370 g/mol. The second-order valence-corrected chi connectivity index (χ2v) is 7.44. The molecule has 0 unspecified atom stereocenters. The maximum Gasteiger partial charge on any atom is 0.244 e. The minimum atomic E-state index is -0.104. The molecular weight excluding hydrogens is 352 g/mol. The van der Waals surface area contributed by atoms with Gasteiger partial charge in [0.05, 0.1) is 17.2 Å². The first-order valence-electron chi connectivity index (χ1n) is 7.81. The number of hydrogen-bond donors (Lipinski definition) is 1. The molecule has 0 bridgehead atoms. The highest BCUT2D eigenvalue weighted by Gasteiger charge is 2.01. The zero-order valence-electron chi connectivity index (χ0n) is 13.8. The summed E-state index contributed by atoms with van der Waals surface area (Å²) in [5.41, 5.74) is 1.89. The Morgan fingerprint density at radius 1 is 1.24 bits per heavy atom. The number of thiophene rings is 1. The molecule has 2 heterocycles. The fraction of sp³-hybridized carbons (Fsp3) is 0.158. The number of benzene rings is 1. The second-order valence-electron chi connectivity index (χ2n) is 5.35. The third-order valence-electron chi connectivity index (χ3n) is 3.38. The molecule has 6 heteroatoms. The second kappa shape index (κ2) is 8.60. The third-order valence-corrected chi connectivity index (χ3v) is 5.08. The molecule has 2 aromatic heterocycles. The zero-order valence-corrected chi connectivity index (χ0v) is 15.4. The minimum Gasteiger partial charge on any atom is -0.487 e. The Hall–Kier alpha value is -2.44. The number of carbonyl (C=O) groups is 1. The van der Waals surface area contributed by atoms with Gasteiger partial charge in [-0.05, 0) is 42.1 Å². The van der Waals surface area contributed by atoms with E-state index in [2.05, 4.69) is 10.3 Å². The van der Waals surface area contributed by atoms with E-state index in [0.717, 1.165) is 26.9 Å². The Morgan fingerprint density at radius 2 is 2.08 bits per heavy atom. The van der Waals surface area contributed by atoms with Gasteiger partial charge in [-0.1, -0.05) is 18.2 Å². The van der Waals surface area contributed by atoms with Gasteiger partial charge in [0.15, 0.2) is 0 Å². The Balaban J connectivity index is 1.47. The highest BCUT2D eigenvalue weighted by Crippen LogP contribution is 2.16. The number of aryl methyl sites for hydroxylation is 1. The normalized spacial score (nSPS) is 10.9. The molecule has 0 aliphatic rings. The van der Waals surface area contributed by atoms with Crippen molar-refractivity contribution in [1.29, 1.82) is 0 Å². The molecule has 0 saturated heterocycles. The number of ether oxygens (including phenoxy) is 1. The van der Waals surface area contributed by atoms with Gasteiger partial charge < -0.3 is 10.1 Å². The number of hydrogen-bond acceptors (Lipinski definition) is 5. The average molecular weight is 370 g/mol. The van der Waals surface area contributed by atoms with Crippen molar-refractivity contribution in [1.82, 2.24) is 10.3 Å². The molecule has 128 valence electrons. The number of carbonyl (C=O) groups excluding carboxylic acids is 1. The molecule has 0 fully saturated rings. The van der Waals surface area contributed by atoms with Crippen molar-refractivity contribution in [3.8, 4) is 5.75 Å². The van der Waals surface area contributed by atoms with Gasteiger partial charge in [-0.15, -0.1) is 22.7 Å². The van der Waals surface area contributed by atoms with E-state index in [0.29, 0.717) is 13.2 Å². The van der Waals surface area contributed by atoms with Crippen LogP contribution < -0.4 is 10.1 Å². The maximum atomic E-state index is 11.8. The van der Waals surface area contributed by atoms with Crippen molar-refractivity contribution < 1.29 is 9.53 Å². The van der Waals surface area contributed by atoms with Crippen LogP contribution >= 0.6 is 22.7 Å². The molecule has 0 saturated carbocycles. The average Bonchev–Trinajstić information content (AvgIpc) is 3.29. The number of rotatable bonds is 7. The van der Waals surface area contributed by atoms with Crippen LogP contribution in [0, 0.1) is 6.92 Å². The Bertz CT molecular complexity index is 837. The van der Waals surface area contributed by atoms with Crippen LogP contribution in [0.2, 0.25) is 0 Å². The molecule has 0 aliphatic heterocycles. The van der Waals surface area contributed by atoms with Crippen LogP contribution in [0.4, 0.5) is 0 Å². The van der Waals surface area contributed by atoms with Crippen LogP contribution in [-0.4, -0.2) is 10.9 Å². The van der Waals surface area contributed by atoms with E-state index in [1.54, 1.807) is 34.8 Å². The predicted octanol–water partition coefficient (Wildman–Crippen LogP) is 4.42. The highest BCUT2D eigenvalue weighted by atomic mass is 32.1. The minimum absolute atomic E-state index is 0.104. The van der Waals surface area contributed by atoms with E-state index < -0.39 is 0 Å². The van der Waals surface area contributed by atoms with Crippen LogP contribution in [0.1, 0.15) is 21.1 Å². The van der Waals surface area contributed by atoms with Crippen molar-refractivity contribution >= 4 is 34.7 Å². The Morgan fingerprint density at radius 3 is 2.76 bits per heavy atom. The smallest absolute Gasteiger partial charge is 0.244 e. The lowest BCUT2D eigenvalue weighted by molar-refractivity contribution is -0.116. The van der Waals surface area contributed by atoms with Crippen molar-refractivity contribution in [2.45, 2.75) is 20.1 Å². The van der Waals surface area contributed by atoms with Crippen molar-refractivity contribution in [3.05, 3.63) is 74.4 Å². The van der Waals surface area contributed by atoms with Gasteiger partial charge in [-0.2, -0.15) is 0 Å². The van der Waals surface area contributed by atoms with Crippen LogP contribution in [0.3, 0.4) is 0 Å². The predicted molar refractivity (Wildman–Crippen MR) is 103 cm³/mol. The maximum absolute atomic E-state index is 11.8. The number of aromatic nitrogens is 1. The molecule has 0 spiro atoms. The summed E-state index contributed by atoms with van der Waals surface area (Å²) in [5.74, 6) is 0.678. The van der Waals surface area contributed by atoms with Gasteiger partial charge in [-0.25, -0.2) is 4.98 Å². The van der Waals surface area contributed by atoms with E-state index >= 15 is 0 Å². The topological polar surface area (TPSA) is 51.2 Å². The number of nitrogens with one attached hydrogen (secondary N) is 1. The molecule has 0 radical (unpaired) electrons. The summed E-state index contributed by atoms with van der Waals surface area (Å²) in [4.78, 5) is 17.3. The first-order chi connectivity index (χ1) is 12.2. The molecule has 1 amide bonds. The molecule has 0 aliphatic carbocycles. The van der Waals surface area contributed by atoms with Crippen LogP contribution in [0.15, 0.2) is 53.2 Å². The summed E-state index contributed by atoms with van der Waals surface area (Å²) in [7, 11) is 0. The number of nitrogens with zero attached hydrogens (tertiary/aromatic N) is 1. The van der Waals surface area contributed by atoms with E-state index in [4.69, 9.17) is 4.74 Å². The fourth-order valence-electron chi connectivity index (χ4n) is 2.13. The van der Waals surface area contributed by atoms with E-state index in [1.165, 1.54) is 0 Å². The summed E-state index contributed by atoms with van der Waals surface area (Å²) in [6, 6.07) is 11.6. The van der Waals surface area contributed by atoms with Gasteiger partial charge in [-0.3, -0.25) is 4.79 Å². The van der Waals surface area contributed by atoms with Gasteiger partial charge >= 0.3 is 0 Å². The standard InChI is InChI=1S/C19H18N2O2S2/c1-14-21-16(13-25-14)12-23-17-7-4-15(5-8-17)6-9-19(22)20-11-18-3-2-10-24-18/h2-10,13H,11-12H2,1H3,(H,20,22)/b9-6+. The fourth-order valence-corrected chi connectivity index (χ4v) is 3.37. The molecule has 3 aromatic rings. The van der Waals surface area contributed by atoms with E-state index in [9.17, 15) is 4.79 Å². The summed E-state index contributed by atoms with van der Waals surface area (Å²) in [6.45, 7) is 3.00. The summed E-state index contributed by atoms with van der Waals surface area (Å²) < 4.78 is 5.71. The van der Waals surface area contributed by atoms with Gasteiger partial charge in [0, 0.05) is 16.3 Å². The van der Waals surface area contributed by atoms with Gasteiger partial charge in [0.1, 0.15) is 12.4 Å². The van der Waals surface area contributed by atoms with Crippen molar-refractivity contribution in [3.63, 3.8) is 0 Å². The third kappa shape index (κ3) is 5.55. The largest absolute Gasteiger partial charge is 0.487 e. The zero-order chi connectivity index (χ0) is 17.5. The number of amides is 1. The molecular formula is C19H18N2O2S2. The summed E-state index contributed by atoms with van der Waals surface area (Å²) in [6.07, 6.45) is 3.33. The SMILES string of the molecule is Cc1nc(COc2ccc(/C=C/C(=O)NCc3cccs3)cc2)cs1. The molecule has 0 atom stereocenters. The molecule has 1 aromatic carbocycles. The Labute approximate surface area is 154 Å². The van der Waals surface area contributed by atoms with Crippen LogP contribution in [0.5, 0.6) is 5.75 Å². The summed E-state index contributed by atoms with van der Waals surface area (Å²) >= 11 is 3.25. The van der Waals surface area contributed by atoms with Crippen LogP contribution in [0.25, 0.3) is 6.08 Å². The lowest BCUT2D eigenvalue weighted by Gasteiger charge is -2.04. The molecule has 1 N–H and O–H groups in total. The van der Waals surface area contributed by atoms with Gasteiger partial charge in [0.2, 0.25) is 5.91 Å². The molecule has 3 rings (SSSR count). The first kappa shape index (κ1) is 17.4. The lowest BCUT2D eigenvalue weighted by Crippen LogP contribution is -2.19. The van der Waals surface area contributed by atoms with Crippen LogP contribution in [-0.2, 0) is 17.9 Å². The summed E-state index contributed by atoms with van der Waals surface area (Å²) in [5, 5.41) is 7.90. The lowest BCUT2D eigenvalue weighted by atomic mass is 10.2. The quantitative estimate of drug-likeness (QED) is 0.626. The Kier molecular flexibility index (Phi) is 5.98. The molecule has 4 nitrogen and oxygen atoms in total. The van der Waals surface area contributed by atoms with Crippen molar-refractivity contribution in [2.24, 2.45) is 0 Å².